The largest absolute Gasteiger partial charge is 0.394 e. The van der Waals surface area contributed by atoms with Crippen LogP contribution in [0.4, 0.5) is 12.0 Å². The summed E-state index contributed by atoms with van der Waals surface area (Å²) in [6, 6.07) is 0.576. The summed E-state index contributed by atoms with van der Waals surface area (Å²) < 4.78 is 5.18. The predicted molar refractivity (Wildman–Crippen MR) is 55.4 cm³/mol. The monoisotopic (exact) mass is 212 g/mol. The number of nitrogens with zero attached hydrogens (tertiary/aromatic N) is 3. The van der Waals surface area contributed by atoms with Gasteiger partial charge in [-0.05, 0) is 12.8 Å². The fourth-order valence-corrected chi connectivity index (χ4v) is 1.96. The van der Waals surface area contributed by atoms with Crippen molar-refractivity contribution in [1.29, 1.82) is 0 Å². The summed E-state index contributed by atoms with van der Waals surface area (Å²) in [5.41, 5.74) is 5.38. The minimum Gasteiger partial charge on any atom is -0.394 e. The van der Waals surface area contributed by atoms with Crippen LogP contribution in [0.25, 0.3) is 0 Å². The second-order valence-electron chi connectivity index (χ2n) is 3.80. The van der Waals surface area contributed by atoms with Gasteiger partial charge in [-0.3, -0.25) is 0 Å². The minimum atomic E-state index is 0.0749. The zero-order valence-corrected chi connectivity index (χ0v) is 8.59. The summed E-state index contributed by atoms with van der Waals surface area (Å²) >= 11 is 0. The Morgan fingerprint density at radius 2 is 2.27 bits per heavy atom. The first kappa shape index (κ1) is 10.2. The number of hydrogen-bond donors (Lipinski definition) is 2. The Morgan fingerprint density at radius 1 is 1.40 bits per heavy atom. The van der Waals surface area contributed by atoms with Crippen LogP contribution in [0.1, 0.15) is 25.7 Å². The first-order chi connectivity index (χ1) is 7.31. The maximum Gasteiger partial charge on any atom is 0.319 e. The Hall–Kier alpha value is -1.30. The topological polar surface area (TPSA) is 88.4 Å². The van der Waals surface area contributed by atoms with Gasteiger partial charge < -0.3 is 20.2 Å². The van der Waals surface area contributed by atoms with E-state index in [1.54, 1.807) is 0 Å². The molecule has 15 heavy (non-hydrogen) atoms. The van der Waals surface area contributed by atoms with E-state index in [-0.39, 0.29) is 18.7 Å². The Kier molecular flexibility index (Phi) is 3.05. The van der Waals surface area contributed by atoms with Gasteiger partial charge in [-0.15, -0.1) is 0 Å². The number of nitrogen functional groups attached to an aromatic ring is 1. The van der Waals surface area contributed by atoms with Gasteiger partial charge in [0.05, 0.1) is 12.6 Å². The molecule has 0 bridgehead atoms. The SMILES string of the molecule is Nc1nnc(N2CCCCCC2CO)o1. The zero-order valence-electron chi connectivity index (χ0n) is 8.59. The predicted octanol–water partition coefficient (Wildman–Crippen LogP) is 0.393. The van der Waals surface area contributed by atoms with Crippen molar-refractivity contribution in [2.24, 2.45) is 0 Å². The van der Waals surface area contributed by atoms with Gasteiger partial charge in [-0.1, -0.05) is 23.0 Å². The van der Waals surface area contributed by atoms with E-state index in [4.69, 9.17) is 10.2 Å². The lowest BCUT2D eigenvalue weighted by Crippen LogP contribution is -2.37. The van der Waals surface area contributed by atoms with Gasteiger partial charge in [-0.25, -0.2) is 0 Å². The van der Waals surface area contributed by atoms with Crippen molar-refractivity contribution >= 4 is 12.0 Å². The molecule has 2 heterocycles. The Bertz CT molecular complexity index is 315. The van der Waals surface area contributed by atoms with E-state index in [0.717, 1.165) is 25.8 Å². The van der Waals surface area contributed by atoms with Crippen molar-refractivity contribution in [2.75, 3.05) is 23.8 Å². The summed E-state index contributed by atoms with van der Waals surface area (Å²) in [5, 5.41) is 16.8. The number of aromatic nitrogens is 2. The van der Waals surface area contributed by atoms with Gasteiger partial charge in [0.1, 0.15) is 0 Å². The van der Waals surface area contributed by atoms with Crippen molar-refractivity contribution in [1.82, 2.24) is 10.2 Å². The molecule has 0 amide bonds. The fraction of sp³-hybridized carbons (Fsp3) is 0.778. The van der Waals surface area contributed by atoms with E-state index in [2.05, 4.69) is 10.2 Å². The third-order valence-corrected chi connectivity index (χ3v) is 2.76. The van der Waals surface area contributed by atoms with Gasteiger partial charge >= 0.3 is 12.0 Å². The molecule has 3 N–H and O–H groups in total. The maximum absolute atomic E-state index is 9.29. The zero-order chi connectivity index (χ0) is 10.7. The highest BCUT2D eigenvalue weighted by Gasteiger charge is 2.24. The lowest BCUT2D eigenvalue weighted by molar-refractivity contribution is 0.251. The maximum atomic E-state index is 9.29. The summed E-state index contributed by atoms with van der Waals surface area (Å²) in [7, 11) is 0. The van der Waals surface area contributed by atoms with Crippen LogP contribution in [-0.2, 0) is 0 Å². The molecule has 1 aliphatic heterocycles. The molecular formula is C9H16N4O2. The Balaban J connectivity index is 2.16. The van der Waals surface area contributed by atoms with E-state index < -0.39 is 0 Å². The van der Waals surface area contributed by atoms with Gasteiger partial charge in [0.2, 0.25) is 0 Å². The number of hydrogen-bond acceptors (Lipinski definition) is 6. The first-order valence-electron chi connectivity index (χ1n) is 5.27. The molecule has 0 aromatic carbocycles. The number of nitrogens with two attached hydrogens (primary N) is 1. The van der Waals surface area contributed by atoms with Crippen molar-refractivity contribution in [2.45, 2.75) is 31.7 Å². The lowest BCUT2D eigenvalue weighted by Gasteiger charge is -2.26. The highest BCUT2D eigenvalue weighted by atomic mass is 16.4. The lowest BCUT2D eigenvalue weighted by atomic mass is 10.1. The van der Waals surface area contributed by atoms with Crippen LogP contribution in [0.15, 0.2) is 4.42 Å². The molecule has 1 unspecified atom stereocenters. The van der Waals surface area contributed by atoms with Crippen molar-refractivity contribution < 1.29 is 9.52 Å². The van der Waals surface area contributed by atoms with Gasteiger partial charge in [0.25, 0.3) is 0 Å². The molecule has 2 rings (SSSR count). The van der Waals surface area contributed by atoms with E-state index >= 15 is 0 Å². The van der Waals surface area contributed by atoms with Crippen LogP contribution in [0.5, 0.6) is 0 Å². The molecule has 1 aromatic heterocycles. The second-order valence-corrected chi connectivity index (χ2v) is 3.80. The quantitative estimate of drug-likeness (QED) is 0.737. The van der Waals surface area contributed by atoms with Crippen LogP contribution in [-0.4, -0.2) is 34.5 Å². The van der Waals surface area contributed by atoms with E-state index in [1.165, 1.54) is 6.42 Å². The summed E-state index contributed by atoms with van der Waals surface area (Å²) in [6.45, 7) is 0.954. The number of rotatable bonds is 2. The highest BCUT2D eigenvalue weighted by Crippen LogP contribution is 2.23. The highest BCUT2D eigenvalue weighted by molar-refractivity contribution is 5.30. The van der Waals surface area contributed by atoms with Crippen LogP contribution in [0, 0.1) is 0 Å². The number of aliphatic hydroxyl groups is 1. The number of anilines is 2. The fourth-order valence-electron chi connectivity index (χ4n) is 1.96. The Morgan fingerprint density at radius 3 is 2.93 bits per heavy atom. The van der Waals surface area contributed by atoms with Crippen molar-refractivity contribution in [3.63, 3.8) is 0 Å². The molecule has 1 atom stereocenters. The van der Waals surface area contributed by atoms with Crippen LogP contribution in [0.3, 0.4) is 0 Å². The molecule has 0 saturated carbocycles. The van der Waals surface area contributed by atoms with Crippen LogP contribution in [0.2, 0.25) is 0 Å². The molecule has 1 aliphatic rings. The third-order valence-electron chi connectivity index (χ3n) is 2.76. The molecule has 1 fully saturated rings. The van der Waals surface area contributed by atoms with E-state index in [1.807, 2.05) is 4.90 Å². The molecule has 0 radical (unpaired) electrons. The molecule has 84 valence electrons. The summed E-state index contributed by atoms with van der Waals surface area (Å²) in [4.78, 5) is 1.95. The Labute approximate surface area is 88.1 Å². The van der Waals surface area contributed by atoms with Crippen LogP contribution < -0.4 is 10.6 Å². The van der Waals surface area contributed by atoms with E-state index in [0.29, 0.717) is 6.01 Å². The molecule has 0 aliphatic carbocycles. The average molecular weight is 212 g/mol. The smallest absolute Gasteiger partial charge is 0.319 e. The molecule has 6 heteroatoms. The standard InChI is InChI=1S/C9H16N4O2/c10-8-11-12-9(15-8)13-5-3-1-2-4-7(13)6-14/h7,14H,1-6H2,(H2,10,11). The molecular weight excluding hydrogens is 196 g/mol. The molecule has 1 saturated heterocycles. The molecule has 0 spiro atoms. The third kappa shape index (κ3) is 2.20. The van der Waals surface area contributed by atoms with E-state index in [9.17, 15) is 5.11 Å². The average Bonchev–Trinajstić information content (AvgIpc) is 2.54. The normalized spacial score (nSPS) is 22.7. The van der Waals surface area contributed by atoms with Crippen molar-refractivity contribution in [3.8, 4) is 0 Å². The summed E-state index contributed by atoms with van der Waals surface area (Å²) in [6.07, 6.45) is 4.35. The molecule has 1 aromatic rings. The first-order valence-corrected chi connectivity index (χ1v) is 5.27. The minimum absolute atomic E-state index is 0.0749. The van der Waals surface area contributed by atoms with Crippen LogP contribution >= 0.6 is 0 Å². The second kappa shape index (κ2) is 4.48. The van der Waals surface area contributed by atoms with Gasteiger partial charge in [-0.2, -0.15) is 0 Å². The molecule has 6 nitrogen and oxygen atoms in total. The van der Waals surface area contributed by atoms with Gasteiger partial charge in [0, 0.05) is 6.54 Å². The summed E-state index contributed by atoms with van der Waals surface area (Å²) in [5.74, 6) is 0. The van der Waals surface area contributed by atoms with Crippen molar-refractivity contribution in [3.05, 3.63) is 0 Å². The van der Waals surface area contributed by atoms with Gasteiger partial charge in [0.15, 0.2) is 0 Å². The number of aliphatic hydroxyl groups excluding tert-OH is 1.